The summed E-state index contributed by atoms with van der Waals surface area (Å²) in [6.07, 6.45) is 16.9. The molecule has 0 bridgehead atoms. The van der Waals surface area contributed by atoms with E-state index in [4.69, 9.17) is 9.47 Å². The van der Waals surface area contributed by atoms with Crippen LogP contribution in [0.2, 0.25) is 0 Å². The van der Waals surface area contributed by atoms with Gasteiger partial charge in [-0.2, -0.15) is 0 Å². The van der Waals surface area contributed by atoms with Gasteiger partial charge in [-0.3, -0.25) is 4.79 Å². The smallest absolute Gasteiger partial charge is 0.331 e. The number of carbonyl (C=O) groups is 2. The lowest BCUT2D eigenvalue weighted by Crippen LogP contribution is -2.37. The highest BCUT2D eigenvalue weighted by Gasteiger charge is 2.38. The second-order valence-electron chi connectivity index (χ2n) is 9.86. The first kappa shape index (κ1) is 25.0. The summed E-state index contributed by atoms with van der Waals surface area (Å²) >= 11 is 0. The van der Waals surface area contributed by atoms with Crippen molar-refractivity contribution in [1.29, 1.82) is 0 Å². The molecule has 2 aliphatic rings. The summed E-state index contributed by atoms with van der Waals surface area (Å²) in [5.41, 5.74) is 2.08. The number of imidazole rings is 1. The molecule has 6 heteroatoms. The average Bonchev–Trinajstić information content (AvgIpc) is 3.16. The van der Waals surface area contributed by atoms with Gasteiger partial charge < -0.3 is 14.0 Å². The van der Waals surface area contributed by atoms with Gasteiger partial charge in [0.2, 0.25) is 0 Å². The van der Waals surface area contributed by atoms with Crippen molar-refractivity contribution >= 4 is 18.0 Å². The molecule has 33 heavy (non-hydrogen) atoms. The van der Waals surface area contributed by atoms with Crippen LogP contribution in [0.15, 0.2) is 42.4 Å². The maximum Gasteiger partial charge on any atom is 0.331 e. The van der Waals surface area contributed by atoms with Gasteiger partial charge in [0, 0.05) is 39.1 Å². The SMILES string of the molecule is CC(=O)O[C@H]1C/C=C\C[C@@H](OC(=O)/C=C/c2cn(C)cn2)C[C@H]2C(C)=CC[C@H](C(C)C)[C@H]2C1. The maximum absolute atomic E-state index is 12.6. The molecule has 5 atom stereocenters. The molecule has 0 saturated heterocycles. The van der Waals surface area contributed by atoms with Gasteiger partial charge >= 0.3 is 11.9 Å². The first-order valence-corrected chi connectivity index (χ1v) is 12.1. The van der Waals surface area contributed by atoms with Gasteiger partial charge in [0.15, 0.2) is 0 Å². The zero-order valence-electron chi connectivity index (χ0n) is 20.6. The molecular formula is C27H38N2O4. The number of rotatable bonds is 5. The molecule has 0 aromatic carbocycles. The quantitative estimate of drug-likeness (QED) is 0.345. The van der Waals surface area contributed by atoms with Crippen LogP contribution in [0.5, 0.6) is 0 Å². The van der Waals surface area contributed by atoms with E-state index < -0.39 is 0 Å². The zero-order chi connectivity index (χ0) is 24.0. The Morgan fingerprint density at radius 2 is 1.82 bits per heavy atom. The molecule has 0 spiro atoms. The lowest BCUT2D eigenvalue weighted by molar-refractivity contribution is -0.148. The second-order valence-corrected chi connectivity index (χ2v) is 9.86. The number of ether oxygens (including phenoxy) is 2. The fraction of sp³-hybridized carbons (Fsp3) is 0.593. The third-order valence-corrected chi connectivity index (χ3v) is 6.97. The Morgan fingerprint density at radius 3 is 2.42 bits per heavy atom. The minimum absolute atomic E-state index is 0.112. The number of hydrogen-bond acceptors (Lipinski definition) is 5. The van der Waals surface area contributed by atoms with E-state index in [0.29, 0.717) is 36.5 Å². The van der Waals surface area contributed by atoms with Crippen LogP contribution in [-0.2, 0) is 26.1 Å². The van der Waals surface area contributed by atoms with Crippen LogP contribution in [-0.4, -0.2) is 33.7 Å². The van der Waals surface area contributed by atoms with Crippen molar-refractivity contribution in [3.63, 3.8) is 0 Å². The molecule has 3 rings (SSSR count). The van der Waals surface area contributed by atoms with Crippen LogP contribution in [0.4, 0.5) is 0 Å². The highest BCUT2D eigenvalue weighted by atomic mass is 16.5. The van der Waals surface area contributed by atoms with E-state index in [1.165, 1.54) is 18.6 Å². The molecule has 0 unspecified atom stereocenters. The summed E-state index contributed by atoms with van der Waals surface area (Å²) in [7, 11) is 1.89. The van der Waals surface area contributed by atoms with E-state index in [1.54, 1.807) is 12.4 Å². The Morgan fingerprint density at radius 1 is 1.12 bits per heavy atom. The molecule has 6 nitrogen and oxygen atoms in total. The molecule has 0 fully saturated rings. The fourth-order valence-electron chi connectivity index (χ4n) is 5.33. The van der Waals surface area contributed by atoms with Gasteiger partial charge in [0.1, 0.15) is 12.2 Å². The Balaban J connectivity index is 1.79. The molecule has 0 amide bonds. The number of esters is 2. The van der Waals surface area contributed by atoms with Crippen molar-refractivity contribution in [2.24, 2.45) is 30.7 Å². The number of aryl methyl sites for hydroxylation is 1. The zero-order valence-corrected chi connectivity index (χ0v) is 20.6. The standard InChI is InChI=1S/C27H38N2O4/c1-18(2)24-12-10-19(3)25-14-23(33-27(31)13-11-21-16-29(5)17-28-21)9-7-6-8-22(15-26(24)25)32-20(4)30/h6-7,10-11,13,16-18,22-26H,8-9,12,14-15H2,1-5H3/b7-6-,13-11+/t22-,23+,24+,25-,26+/m0/s1. The predicted molar refractivity (Wildman–Crippen MR) is 129 cm³/mol. The highest BCUT2D eigenvalue weighted by Crippen LogP contribution is 2.44. The van der Waals surface area contributed by atoms with Gasteiger partial charge in [-0.25, -0.2) is 9.78 Å². The van der Waals surface area contributed by atoms with E-state index in [9.17, 15) is 9.59 Å². The van der Waals surface area contributed by atoms with Gasteiger partial charge in [-0.15, -0.1) is 0 Å². The molecule has 1 aromatic rings. The number of allylic oxidation sites excluding steroid dienone is 2. The minimum Gasteiger partial charge on any atom is -0.462 e. The summed E-state index contributed by atoms with van der Waals surface area (Å²) in [5.74, 6) is 1.16. The van der Waals surface area contributed by atoms with Gasteiger partial charge in [-0.1, -0.05) is 37.6 Å². The molecular weight excluding hydrogens is 416 g/mol. The lowest BCUT2D eigenvalue weighted by Gasteiger charge is -2.42. The summed E-state index contributed by atoms with van der Waals surface area (Å²) in [5, 5.41) is 0. The Labute approximate surface area is 197 Å². The van der Waals surface area contributed by atoms with Crippen molar-refractivity contribution in [3.8, 4) is 0 Å². The third kappa shape index (κ3) is 7.18. The number of fused-ring (bicyclic) bond motifs is 1. The topological polar surface area (TPSA) is 70.4 Å². The monoisotopic (exact) mass is 454 g/mol. The average molecular weight is 455 g/mol. The fourth-order valence-corrected chi connectivity index (χ4v) is 5.33. The number of carbonyl (C=O) groups excluding carboxylic acids is 2. The van der Waals surface area contributed by atoms with Crippen LogP contribution >= 0.6 is 0 Å². The number of nitrogens with zero attached hydrogens (tertiary/aromatic N) is 2. The summed E-state index contributed by atoms with van der Waals surface area (Å²) < 4.78 is 13.4. The first-order chi connectivity index (χ1) is 15.7. The first-order valence-electron chi connectivity index (χ1n) is 12.1. The van der Waals surface area contributed by atoms with Gasteiger partial charge in [-0.05, 0) is 55.9 Å². The highest BCUT2D eigenvalue weighted by molar-refractivity contribution is 5.86. The van der Waals surface area contributed by atoms with Crippen molar-refractivity contribution < 1.29 is 19.1 Å². The molecule has 2 aliphatic carbocycles. The van der Waals surface area contributed by atoms with Crippen molar-refractivity contribution in [2.45, 2.75) is 72.0 Å². The number of hydrogen-bond donors (Lipinski definition) is 0. The molecule has 1 aromatic heterocycles. The van der Waals surface area contributed by atoms with Crippen LogP contribution in [0.1, 0.15) is 65.5 Å². The Hall–Kier alpha value is -2.63. The molecule has 0 saturated carbocycles. The van der Waals surface area contributed by atoms with Gasteiger partial charge in [0.05, 0.1) is 12.0 Å². The molecule has 0 radical (unpaired) electrons. The van der Waals surface area contributed by atoms with Crippen LogP contribution in [0.3, 0.4) is 0 Å². The van der Waals surface area contributed by atoms with Crippen LogP contribution < -0.4 is 0 Å². The Bertz CT molecular complexity index is 911. The minimum atomic E-state index is -0.344. The summed E-state index contributed by atoms with van der Waals surface area (Å²) in [6.45, 7) is 8.22. The van der Waals surface area contributed by atoms with Crippen molar-refractivity contribution in [3.05, 3.63) is 48.1 Å². The van der Waals surface area contributed by atoms with Gasteiger partial charge in [0.25, 0.3) is 0 Å². The summed E-state index contributed by atoms with van der Waals surface area (Å²) in [6, 6.07) is 0. The van der Waals surface area contributed by atoms with E-state index >= 15 is 0 Å². The third-order valence-electron chi connectivity index (χ3n) is 6.97. The predicted octanol–water partition coefficient (Wildman–Crippen LogP) is 5.26. The van der Waals surface area contributed by atoms with E-state index in [0.717, 1.165) is 25.0 Å². The second kappa shape index (κ2) is 11.5. The normalized spacial score (nSPS) is 29.3. The van der Waals surface area contributed by atoms with E-state index in [2.05, 4.69) is 44.0 Å². The molecule has 0 N–H and O–H groups in total. The number of aromatic nitrogens is 2. The van der Waals surface area contributed by atoms with E-state index in [1.807, 2.05) is 17.8 Å². The maximum atomic E-state index is 12.6. The van der Waals surface area contributed by atoms with Crippen molar-refractivity contribution in [2.75, 3.05) is 0 Å². The molecule has 0 aliphatic heterocycles. The van der Waals surface area contributed by atoms with E-state index in [-0.39, 0.29) is 24.1 Å². The van der Waals surface area contributed by atoms with Crippen LogP contribution in [0.25, 0.3) is 6.08 Å². The largest absolute Gasteiger partial charge is 0.462 e. The summed E-state index contributed by atoms with van der Waals surface area (Å²) in [4.78, 5) is 28.5. The molecule has 180 valence electrons. The molecule has 1 heterocycles. The Kier molecular flexibility index (Phi) is 8.70. The van der Waals surface area contributed by atoms with Crippen LogP contribution in [0, 0.1) is 23.7 Å². The van der Waals surface area contributed by atoms with Crippen molar-refractivity contribution in [1.82, 2.24) is 9.55 Å². The lowest BCUT2D eigenvalue weighted by atomic mass is 9.64.